The van der Waals surface area contributed by atoms with Crippen molar-refractivity contribution in [3.8, 4) is 0 Å². The fraction of sp³-hybridized carbons (Fsp3) is 0.333. The maximum Gasteiger partial charge on any atom is 0.243 e. The SMILES string of the molecule is CCc1ccc(S(=O)(=O)N2CCN(c3cc(Cl)ccc3Cl)CC2)cc1. The lowest BCUT2D eigenvalue weighted by molar-refractivity contribution is 0.385. The molecule has 7 heteroatoms. The summed E-state index contributed by atoms with van der Waals surface area (Å²) in [6.07, 6.45) is 0.888. The molecule has 1 aliphatic rings. The summed E-state index contributed by atoms with van der Waals surface area (Å²) in [7, 11) is -3.46. The Morgan fingerprint density at radius 2 is 1.60 bits per heavy atom. The maximum absolute atomic E-state index is 12.8. The van der Waals surface area contributed by atoms with Gasteiger partial charge in [-0.15, -0.1) is 0 Å². The quantitative estimate of drug-likeness (QED) is 0.779. The molecule has 0 aromatic heterocycles. The summed E-state index contributed by atoms with van der Waals surface area (Å²) < 4.78 is 27.2. The molecule has 3 rings (SSSR count). The third-order valence-corrected chi connectivity index (χ3v) is 6.92. The molecule has 0 unspecified atom stereocenters. The second-order valence-electron chi connectivity index (χ2n) is 5.98. The maximum atomic E-state index is 12.8. The van der Waals surface area contributed by atoms with Gasteiger partial charge in [-0.3, -0.25) is 0 Å². The van der Waals surface area contributed by atoms with Crippen LogP contribution >= 0.6 is 23.2 Å². The van der Waals surface area contributed by atoms with Crippen LogP contribution in [0.3, 0.4) is 0 Å². The molecule has 1 saturated heterocycles. The molecule has 134 valence electrons. The first-order chi connectivity index (χ1) is 11.9. The zero-order valence-corrected chi connectivity index (χ0v) is 16.3. The molecule has 0 spiro atoms. The van der Waals surface area contributed by atoms with Gasteiger partial charge in [-0.2, -0.15) is 4.31 Å². The smallest absolute Gasteiger partial charge is 0.243 e. The van der Waals surface area contributed by atoms with E-state index >= 15 is 0 Å². The largest absolute Gasteiger partial charge is 0.368 e. The van der Waals surface area contributed by atoms with Crippen LogP contribution in [0.1, 0.15) is 12.5 Å². The number of aryl methyl sites for hydroxylation is 1. The van der Waals surface area contributed by atoms with Crippen LogP contribution in [0.5, 0.6) is 0 Å². The number of rotatable bonds is 4. The van der Waals surface area contributed by atoms with Crippen LogP contribution in [0.15, 0.2) is 47.4 Å². The van der Waals surface area contributed by atoms with Gasteiger partial charge >= 0.3 is 0 Å². The second kappa shape index (κ2) is 7.54. The van der Waals surface area contributed by atoms with E-state index in [4.69, 9.17) is 23.2 Å². The van der Waals surface area contributed by atoms with Gasteiger partial charge in [-0.05, 0) is 42.3 Å². The summed E-state index contributed by atoms with van der Waals surface area (Å²) in [5.74, 6) is 0. The van der Waals surface area contributed by atoms with Crippen LogP contribution in [-0.2, 0) is 16.4 Å². The Balaban J connectivity index is 1.73. The summed E-state index contributed by atoms with van der Waals surface area (Å²) in [5.41, 5.74) is 1.97. The van der Waals surface area contributed by atoms with E-state index in [0.717, 1.165) is 17.7 Å². The zero-order chi connectivity index (χ0) is 18.0. The topological polar surface area (TPSA) is 40.6 Å². The van der Waals surface area contributed by atoms with E-state index < -0.39 is 10.0 Å². The lowest BCUT2D eigenvalue weighted by atomic mass is 10.2. The Morgan fingerprint density at radius 1 is 0.960 bits per heavy atom. The normalized spacial score (nSPS) is 16.2. The van der Waals surface area contributed by atoms with E-state index in [1.165, 1.54) is 4.31 Å². The number of hydrogen-bond donors (Lipinski definition) is 0. The second-order valence-corrected chi connectivity index (χ2v) is 8.77. The average molecular weight is 399 g/mol. The first-order valence-electron chi connectivity index (χ1n) is 8.21. The highest BCUT2D eigenvalue weighted by atomic mass is 35.5. The fourth-order valence-corrected chi connectivity index (χ4v) is 4.77. The van der Waals surface area contributed by atoms with Gasteiger partial charge < -0.3 is 4.90 Å². The van der Waals surface area contributed by atoms with Crippen LogP contribution in [0.25, 0.3) is 0 Å². The number of hydrogen-bond acceptors (Lipinski definition) is 3. The van der Waals surface area contributed by atoms with E-state index in [1.54, 1.807) is 24.3 Å². The molecule has 0 amide bonds. The molecule has 0 bridgehead atoms. The van der Waals surface area contributed by atoms with Gasteiger partial charge in [0.15, 0.2) is 0 Å². The van der Waals surface area contributed by atoms with E-state index in [1.807, 2.05) is 25.1 Å². The highest BCUT2D eigenvalue weighted by molar-refractivity contribution is 7.89. The molecule has 0 saturated carbocycles. The molecule has 0 aliphatic carbocycles. The molecule has 25 heavy (non-hydrogen) atoms. The minimum Gasteiger partial charge on any atom is -0.368 e. The van der Waals surface area contributed by atoms with Gasteiger partial charge in [0.1, 0.15) is 0 Å². The van der Waals surface area contributed by atoms with Crippen molar-refractivity contribution in [2.45, 2.75) is 18.2 Å². The van der Waals surface area contributed by atoms with E-state index in [-0.39, 0.29) is 0 Å². The Labute approximate surface area is 159 Å². The van der Waals surface area contributed by atoms with Crippen LogP contribution in [0.4, 0.5) is 5.69 Å². The predicted octanol–water partition coefficient (Wildman–Crippen LogP) is 4.07. The van der Waals surface area contributed by atoms with Crippen molar-refractivity contribution < 1.29 is 8.42 Å². The van der Waals surface area contributed by atoms with Crippen molar-refractivity contribution in [2.75, 3.05) is 31.1 Å². The van der Waals surface area contributed by atoms with Gasteiger partial charge in [-0.25, -0.2) is 8.42 Å². The number of nitrogens with zero attached hydrogens (tertiary/aromatic N) is 2. The van der Waals surface area contributed by atoms with Crippen LogP contribution in [0, 0.1) is 0 Å². The molecule has 2 aromatic carbocycles. The molecule has 1 heterocycles. The third-order valence-electron chi connectivity index (χ3n) is 4.46. The molecule has 0 atom stereocenters. The van der Waals surface area contributed by atoms with Crippen LogP contribution in [-0.4, -0.2) is 38.9 Å². The van der Waals surface area contributed by atoms with Gasteiger partial charge in [-0.1, -0.05) is 42.3 Å². The molecule has 4 nitrogen and oxygen atoms in total. The minimum atomic E-state index is -3.46. The van der Waals surface area contributed by atoms with Gasteiger partial charge in [0, 0.05) is 31.2 Å². The van der Waals surface area contributed by atoms with Crippen molar-refractivity contribution >= 4 is 38.9 Å². The number of benzene rings is 2. The summed E-state index contributed by atoms with van der Waals surface area (Å²) in [6, 6.07) is 12.4. The van der Waals surface area contributed by atoms with Gasteiger partial charge in [0.05, 0.1) is 15.6 Å². The fourth-order valence-electron chi connectivity index (χ4n) is 2.94. The molecule has 1 fully saturated rings. The highest BCUT2D eigenvalue weighted by Gasteiger charge is 2.29. The standard InChI is InChI=1S/C18H20Cl2N2O2S/c1-2-14-3-6-16(7-4-14)25(23,24)22-11-9-21(10-12-22)18-13-15(19)5-8-17(18)20/h3-8,13H,2,9-12H2,1H3. The van der Waals surface area contributed by atoms with E-state index in [2.05, 4.69) is 4.90 Å². The third kappa shape index (κ3) is 3.95. The molecule has 2 aromatic rings. The lowest BCUT2D eigenvalue weighted by Crippen LogP contribution is -2.48. The summed E-state index contributed by atoms with van der Waals surface area (Å²) >= 11 is 12.3. The number of anilines is 1. The first-order valence-corrected chi connectivity index (χ1v) is 10.4. The predicted molar refractivity (Wildman–Crippen MR) is 103 cm³/mol. The number of halogens is 2. The van der Waals surface area contributed by atoms with E-state index in [9.17, 15) is 8.42 Å². The Kier molecular flexibility index (Phi) is 5.58. The number of piperazine rings is 1. The Morgan fingerprint density at radius 3 is 2.20 bits per heavy atom. The monoisotopic (exact) mass is 398 g/mol. The molecule has 0 radical (unpaired) electrons. The highest BCUT2D eigenvalue weighted by Crippen LogP contribution is 2.30. The lowest BCUT2D eigenvalue weighted by Gasteiger charge is -2.35. The van der Waals surface area contributed by atoms with Crippen molar-refractivity contribution in [1.29, 1.82) is 0 Å². The van der Waals surface area contributed by atoms with E-state index in [0.29, 0.717) is 41.1 Å². The van der Waals surface area contributed by atoms with Crippen molar-refractivity contribution in [1.82, 2.24) is 4.31 Å². The first kappa shape index (κ1) is 18.5. The molecular formula is C18H20Cl2N2O2S. The summed E-state index contributed by atoms with van der Waals surface area (Å²) in [6.45, 7) is 4.03. The molecule has 0 N–H and O–H groups in total. The summed E-state index contributed by atoms with van der Waals surface area (Å²) in [5, 5.41) is 1.24. The number of sulfonamides is 1. The Bertz CT molecular complexity index is 846. The summed E-state index contributed by atoms with van der Waals surface area (Å²) in [4.78, 5) is 2.42. The van der Waals surface area contributed by atoms with Gasteiger partial charge in [0.25, 0.3) is 0 Å². The molecular weight excluding hydrogens is 379 g/mol. The van der Waals surface area contributed by atoms with Crippen LogP contribution in [0.2, 0.25) is 10.0 Å². The average Bonchev–Trinajstić information content (AvgIpc) is 2.64. The Hall–Kier alpha value is -1.27. The minimum absolute atomic E-state index is 0.346. The molecule has 1 aliphatic heterocycles. The van der Waals surface area contributed by atoms with Gasteiger partial charge in [0.2, 0.25) is 10.0 Å². The zero-order valence-electron chi connectivity index (χ0n) is 14.0. The van der Waals surface area contributed by atoms with Crippen molar-refractivity contribution in [3.05, 3.63) is 58.1 Å². The van der Waals surface area contributed by atoms with Crippen molar-refractivity contribution in [3.63, 3.8) is 0 Å². The van der Waals surface area contributed by atoms with Crippen LogP contribution < -0.4 is 4.90 Å². The van der Waals surface area contributed by atoms with Crippen molar-refractivity contribution in [2.24, 2.45) is 0 Å².